The third-order valence-electron chi connectivity index (χ3n) is 3.23. The largest absolute Gasteiger partial charge is 0.370 e. The van der Waals surface area contributed by atoms with Gasteiger partial charge in [-0.3, -0.25) is 0 Å². The van der Waals surface area contributed by atoms with Gasteiger partial charge in [0.2, 0.25) is 11.7 Å². The average molecular weight is 253 g/mol. The van der Waals surface area contributed by atoms with Crippen molar-refractivity contribution in [3.63, 3.8) is 0 Å². The molecule has 18 heavy (non-hydrogen) atoms. The van der Waals surface area contributed by atoms with Crippen LogP contribution < -0.4 is 5.32 Å². The first-order valence-electron chi connectivity index (χ1n) is 6.92. The first-order valence-corrected chi connectivity index (χ1v) is 6.92. The Hall–Kier alpha value is -0.940. The van der Waals surface area contributed by atoms with Crippen molar-refractivity contribution in [3.05, 3.63) is 11.7 Å². The molecule has 5 nitrogen and oxygen atoms in total. The molecular formula is C13H23N3O2. The van der Waals surface area contributed by atoms with Gasteiger partial charge in [0.25, 0.3) is 0 Å². The molecule has 102 valence electrons. The molecule has 0 aromatic carbocycles. The van der Waals surface area contributed by atoms with Gasteiger partial charge in [-0.25, -0.2) is 0 Å². The second-order valence-electron chi connectivity index (χ2n) is 4.91. The summed E-state index contributed by atoms with van der Waals surface area (Å²) in [6, 6.07) is 0. The number of hydrogen-bond acceptors (Lipinski definition) is 5. The van der Waals surface area contributed by atoms with E-state index in [9.17, 15) is 0 Å². The summed E-state index contributed by atoms with van der Waals surface area (Å²) < 4.78 is 11.1. The molecule has 2 rings (SSSR count). The molecule has 1 fully saturated rings. The number of likely N-dealkylation sites (N-methyl/N-ethyl adjacent to an activating group) is 1. The molecule has 1 aromatic rings. The highest BCUT2D eigenvalue weighted by molar-refractivity contribution is 5.00. The van der Waals surface area contributed by atoms with E-state index in [0.29, 0.717) is 18.4 Å². The monoisotopic (exact) mass is 253 g/mol. The smallest absolute Gasteiger partial charge is 0.230 e. The predicted molar refractivity (Wildman–Crippen MR) is 68.3 cm³/mol. The SMILES string of the molecule is CCNCC(C)c1nc(C(OCC)C2CC2)no1. The lowest BCUT2D eigenvalue weighted by Crippen LogP contribution is -2.19. The summed E-state index contributed by atoms with van der Waals surface area (Å²) in [5, 5.41) is 7.37. The molecule has 0 aliphatic heterocycles. The summed E-state index contributed by atoms with van der Waals surface area (Å²) in [6.45, 7) is 8.69. The molecule has 0 saturated heterocycles. The van der Waals surface area contributed by atoms with Crippen molar-refractivity contribution in [1.82, 2.24) is 15.5 Å². The van der Waals surface area contributed by atoms with E-state index in [1.807, 2.05) is 6.92 Å². The highest BCUT2D eigenvalue weighted by Gasteiger charge is 2.36. The Morgan fingerprint density at radius 1 is 1.44 bits per heavy atom. The minimum absolute atomic E-state index is 0.0267. The number of ether oxygens (including phenoxy) is 1. The summed E-state index contributed by atoms with van der Waals surface area (Å²) in [6.07, 6.45) is 2.45. The maximum absolute atomic E-state index is 5.73. The van der Waals surface area contributed by atoms with Gasteiger partial charge in [-0.2, -0.15) is 4.98 Å². The van der Waals surface area contributed by atoms with Crippen LogP contribution in [0.3, 0.4) is 0 Å². The Kier molecular flexibility index (Phi) is 4.72. The molecule has 1 heterocycles. The zero-order valence-electron chi connectivity index (χ0n) is 11.5. The van der Waals surface area contributed by atoms with Crippen molar-refractivity contribution >= 4 is 0 Å². The summed E-state index contributed by atoms with van der Waals surface area (Å²) >= 11 is 0. The Balaban J connectivity index is 1.99. The lowest BCUT2D eigenvalue weighted by atomic mass is 10.2. The van der Waals surface area contributed by atoms with E-state index < -0.39 is 0 Å². The van der Waals surface area contributed by atoms with Crippen LogP contribution in [0.4, 0.5) is 0 Å². The van der Waals surface area contributed by atoms with Crippen LogP contribution in [-0.4, -0.2) is 29.8 Å². The van der Waals surface area contributed by atoms with Gasteiger partial charge in [0.1, 0.15) is 6.10 Å². The van der Waals surface area contributed by atoms with Crippen molar-refractivity contribution in [1.29, 1.82) is 0 Å². The maximum Gasteiger partial charge on any atom is 0.230 e. The fraction of sp³-hybridized carbons (Fsp3) is 0.846. The van der Waals surface area contributed by atoms with E-state index in [1.165, 1.54) is 12.8 Å². The van der Waals surface area contributed by atoms with Gasteiger partial charge in [-0.1, -0.05) is 19.0 Å². The van der Waals surface area contributed by atoms with E-state index in [-0.39, 0.29) is 12.0 Å². The van der Waals surface area contributed by atoms with Gasteiger partial charge < -0.3 is 14.6 Å². The Bertz CT molecular complexity index is 363. The Labute approximate surface area is 108 Å². The minimum atomic E-state index is 0.0267. The molecule has 2 atom stereocenters. The van der Waals surface area contributed by atoms with Crippen molar-refractivity contribution < 1.29 is 9.26 Å². The molecule has 1 aliphatic carbocycles. The van der Waals surface area contributed by atoms with Gasteiger partial charge >= 0.3 is 0 Å². The fourth-order valence-corrected chi connectivity index (χ4v) is 2.01. The van der Waals surface area contributed by atoms with Crippen molar-refractivity contribution in [2.45, 2.75) is 45.6 Å². The highest BCUT2D eigenvalue weighted by Crippen LogP contribution is 2.42. The second-order valence-corrected chi connectivity index (χ2v) is 4.91. The van der Waals surface area contributed by atoms with E-state index in [0.717, 1.165) is 18.9 Å². The number of nitrogens with one attached hydrogen (secondary N) is 1. The lowest BCUT2D eigenvalue weighted by molar-refractivity contribution is 0.0384. The third kappa shape index (κ3) is 3.29. The zero-order chi connectivity index (χ0) is 13.0. The lowest BCUT2D eigenvalue weighted by Gasteiger charge is -2.11. The van der Waals surface area contributed by atoms with Gasteiger partial charge in [0.05, 0.1) is 0 Å². The molecule has 1 N–H and O–H groups in total. The molecule has 1 aromatic heterocycles. The first-order chi connectivity index (χ1) is 8.76. The number of hydrogen-bond donors (Lipinski definition) is 1. The fourth-order valence-electron chi connectivity index (χ4n) is 2.01. The average Bonchev–Trinajstić information content (AvgIpc) is 3.09. The highest BCUT2D eigenvalue weighted by atomic mass is 16.5. The predicted octanol–water partition coefficient (Wildman–Crippen LogP) is 2.27. The maximum atomic E-state index is 5.73. The molecule has 1 saturated carbocycles. The van der Waals surface area contributed by atoms with Gasteiger partial charge in [0, 0.05) is 19.1 Å². The number of aromatic nitrogens is 2. The Morgan fingerprint density at radius 3 is 2.83 bits per heavy atom. The zero-order valence-corrected chi connectivity index (χ0v) is 11.5. The van der Waals surface area contributed by atoms with Crippen molar-refractivity contribution in [2.24, 2.45) is 5.92 Å². The number of nitrogens with zero attached hydrogens (tertiary/aromatic N) is 2. The van der Waals surface area contributed by atoms with E-state index in [4.69, 9.17) is 9.26 Å². The van der Waals surface area contributed by atoms with Gasteiger partial charge in [-0.15, -0.1) is 0 Å². The molecule has 0 spiro atoms. The van der Waals surface area contributed by atoms with Crippen LogP contribution in [0.1, 0.15) is 57.3 Å². The number of rotatable bonds is 8. The normalized spacial score (nSPS) is 18.8. The van der Waals surface area contributed by atoms with Gasteiger partial charge in [0.15, 0.2) is 0 Å². The quantitative estimate of drug-likeness (QED) is 0.770. The van der Waals surface area contributed by atoms with Crippen LogP contribution in [0.2, 0.25) is 0 Å². The first kappa shape index (κ1) is 13.5. The minimum Gasteiger partial charge on any atom is -0.370 e. The van der Waals surface area contributed by atoms with Crippen LogP contribution in [-0.2, 0) is 4.74 Å². The molecule has 2 unspecified atom stereocenters. The van der Waals surface area contributed by atoms with E-state index in [1.54, 1.807) is 0 Å². The standard InChI is InChI=1S/C13H23N3O2/c1-4-14-8-9(3)13-15-12(16-18-13)11(17-5-2)10-6-7-10/h9-11,14H,4-8H2,1-3H3. The summed E-state index contributed by atoms with van der Waals surface area (Å²) in [5.41, 5.74) is 0. The molecule has 0 bridgehead atoms. The van der Waals surface area contributed by atoms with Crippen LogP contribution >= 0.6 is 0 Å². The van der Waals surface area contributed by atoms with Crippen molar-refractivity contribution in [3.8, 4) is 0 Å². The topological polar surface area (TPSA) is 60.2 Å². The van der Waals surface area contributed by atoms with E-state index >= 15 is 0 Å². The Morgan fingerprint density at radius 2 is 2.22 bits per heavy atom. The summed E-state index contributed by atoms with van der Waals surface area (Å²) in [4.78, 5) is 4.50. The molecule has 0 radical (unpaired) electrons. The molecule has 1 aliphatic rings. The summed E-state index contributed by atoms with van der Waals surface area (Å²) in [7, 11) is 0. The second kappa shape index (κ2) is 6.29. The van der Waals surface area contributed by atoms with Gasteiger partial charge in [-0.05, 0) is 32.2 Å². The van der Waals surface area contributed by atoms with E-state index in [2.05, 4.69) is 29.3 Å². The molecule has 5 heteroatoms. The van der Waals surface area contributed by atoms with Crippen LogP contribution in [0, 0.1) is 5.92 Å². The summed E-state index contributed by atoms with van der Waals surface area (Å²) in [5.74, 6) is 2.25. The third-order valence-corrected chi connectivity index (χ3v) is 3.23. The van der Waals surface area contributed by atoms with Crippen molar-refractivity contribution in [2.75, 3.05) is 19.7 Å². The molecule has 0 amide bonds. The van der Waals surface area contributed by atoms with Crippen LogP contribution in [0.5, 0.6) is 0 Å². The van der Waals surface area contributed by atoms with Crippen LogP contribution in [0.15, 0.2) is 4.52 Å². The van der Waals surface area contributed by atoms with Crippen LogP contribution in [0.25, 0.3) is 0 Å². The molecular weight excluding hydrogens is 230 g/mol.